The molecular formula is C18H19ClN3O2S2+. The molecule has 0 spiro atoms. The summed E-state index contributed by atoms with van der Waals surface area (Å²) < 4.78 is 28.3. The zero-order valence-corrected chi connectivity index (χ0v) is 16.4. The fourth-order valence-electron chi connectivity index (χ4n) is 3.21. The second kappa shape index (κ2) is 7.25. The van der Waals surface area contributed by atoms with E-state index in [1.807, 2.05) is 18.2 Å². The number of nitrogens with zero attached hydrogens (tertiary/aromatic N) is 2. The zero-order valence-electron chi connectivity index (χ0n) is 14.1. The number of thiazole rings is 1. The van der Waals surface area contributed by atoms with Gasteiger partial charge in [0.2, 0.25) is 10.0 Å². The minimum Gasteiger partial charge on any atom is -0.327 e. The van der Waals surface area contributed by atoms with Gasteiger partial charge in [-0.25, -0.2) is 13.4 Å². The molecule has 0 unspecified atom stereocenters. The van der Waals surface area contributed by atoms with E-state index < -0.39 is 10.0 Å². The van der Waals surface area contributed by atoms with Crippen LogP contribution in [0.3, 0.4) is 0 Å². The van der Waals surface area contributed by atoms with Gasteiger partial charge in [0.1, 0.15) is 11.6 Å². The Balaban J connectivity index is 1.42. The van der Waals surface area contributed by atoms with Gasteiger partial charge in [0.25, 0.3) is 0 Å². The summed E-state index contributed by atoms with van der Waals surface area (Å²) in [4.78, 5) is 6.31. The van der Waals surface area contributed by atoms with E-state index in [2.05, 4.69) is 11.1 Å². The van der Waals surface area contributed by atoms with E-state index in [0.717, 1.165) is 30.2 Å². The number of rotatable bonds is 4. The average Bonchev–Trinajstić information content (AvgIpc) is 3.04. The van der Waals surface area contributed by atoms with Crippen molar-refractivity contribution in [1.82, 2.24) is 9.29 Å². The highest BCUT2D eigenvalue weighted by Crippen LogP contribution is 2.21. The first kappa shape index (κ1) is 17.9. The van der Waals surface area contributed by atoms with Crippen LogP contribution >= 0.6 is 22.9 Å². The lowest BCUT2D eigenvalue weighted by Crippen LogP contribution is -3.13. The second-order valence-corrected chi connectivity index (χ2v) is 9.85. The summed E-state index contributed by atoms with van der Waals surface area (Å²) >= 11 is 7.66. The van der Waals surface area contributed by atoms with Gasteiger partial charge in [-0.3, -0.25) is 0 Å². The maximum atomic E-state index is 12.8. The number of hydrogen-bond donors (Lipinski definition) is 1. The lowest BCUT2D eigenvalue weighted by atomic mass is 10.3. The van der Waals surface area contributed by atoms with Gasteiger partial charge < -0.3 is 4.90 Å². The van der Waals surface area contributed by atoms with E-state index in [0.29, 0.717) is 18.1 Å². The predicted molar refractivity (Wildman–Crippen MR) is 104 cm³/mol. The summed E-state index contributed by atoms with van der Waals surface area (Å²) in [5.41, 5.74) is 1.04. The summed E-state index contributed by atoms with van der Waals surface area (Å²) in [7, 11) is -3.48. The van der Waals surface area contributed by atoms with Crippen LogP contribution in [0.4, 0.5) is 0 Å². The Morgan fingerprint density at radius 2 is 1.88 bits per heavy atom. The first-order valence-corrected chi connectivity index (χ1v) is 11.1. The van der Waals surface area contributed by atoms with Crippen LogP contribution < -0.4 is 4.90 Å². The summed E-state index contributed by atoms with van der Waals surface area (Å²) in [5.74, 6) is 0. The molecule has 1 aliphatic heterocycles. The standard InChI is InChI=1S/C18H18ClN3O2S2/c19-14-4-3-5-15(12-14)26(23,24)22-10-8-21(9-11-22)13-18-20-16-6-1-2-7-17(16)25-18/h1-7,12H,8-11,13H2/p+1. The Labute approximate surface area is 161 Å². The number of piperazine rings is 1. The van der Waals surface area contributed by atoms with Gasteiger partial charge in [0, 0.05) is 5.02 Å². The zero-order chi connectivity index (χ0) is 18.1. The number of benzene rings is 2. The van der Waals surface area contributed by atoms with Gasteiger partial charge in [-0.1, -0.05) is 29.8 Å². The van der Waals surface area contributed by atoms with Crippen LogP contribution in [-0.2, 0) is 16.6 Å². The largest absolute Gasteiger partial charge is 0.327 e. The summed E-state index contributed by atoms with van der Waals surface area (Å²) in [6, 6.07) is 14.6. The van der Waals surface area contributed by atoms with Crippen molar-refractivity contribution in [3.05, 3.63) is 58.6 Å². The molecule has 1 fully saturated rings. The molecule has 0 atom stereocenters. The van der Waals surface area contributed by atoms with E-state index in [1.165, 1.54) is 15.7 Å². The Kier molecular flexibility index (Phi) is 4.98. The van der Waals surface area contributed by atoms with Crippen molar-refractivity contribution in [1.29, 1.82) is 0 Å². The fourth-order valence-corrected chi connectivity index (χ4v) is 5.99. The number of hydrogen-bond acceptors (Lipinski definition) is 4. The molecule has 8 heteroatoms. The third-order valence-electron chi connectivity index (χ3n) is 4.60. The molecule has 0 amide bonds. The third-order valence-corrected chi connectivity index (χ3v) is 7.77. The maximum absolute atomic E-state index is 12.8. The molecule has 26 heavy (non-hydrogen) atoms. The second-order valence-electron chi connectivity index (χ2n) is 6.36. The molecule has 1 aliphatic rings. The molecule has 0 saturated carbocycles. The minimum atomic E-state index is -3.48. The lowest BCUT2D eigenvalue weighted by molar-refractivity contribution is -0.917. The normalized spacial score (nSPS) is 17.0. The Morgan fingerprint density at radius 3 is 2.62 bits per heavy atom. The van der Waals surface area contributed by atoms with Crippen molar-refractivity contribution < 1.29 is 13.3 Å². The average molecular weight is 409 g/mol. The molecule has 2 aromatic carbocycles. The number of halogens is 1. The van der Waals surface area contributed by atoms with Gasteiger partial charge in [0.15, 0.2) is 0 Å². The molecule has 1 saturated heterocycles. The first-order valence-electron chi connectivity index (χ1n) is 8.46. The van der Waals surface area contributed by atoms with E-state index in [4.69, 9.17) is 11.6 Å². The Hall–Kier alpha value is -1.51. The van der Waals surface area contributed by atoms with E-state index in [1.54, 1.807) is 33.8 Å². The van der Waals surface area contributed by atoms with Gasteiger partial charge in [0.05, 0.1) is 41.3 Å². The van der Waals surface area contributed by atoms with E-state index in [9.17, 15) is 8.42 Å². The maximum Gasteiger partial charge on any atom is 0.243 e. The Morgan fingerprint density at radius 1 is 1.12 bits per heavy atom. The van der Waals surface area contributed by atoms with Gasteiger partial charge in [-0.05, 0) is 30.3 Å². The van der Waals surface area contributed by atoms with Gasteiger partial charge in [-0.15, -0.1) is 11.3 Å². The molecule has 1 N–H and O–H groups in total. The SMILES string of the molecule is O=S(=O)(c1cccc(Cl)c1)N1CC[NH+](Cc2nc3ccccc3s2)CC1. The fraction of sp³-hybridized carbons (Fsp3) is 0.278. The Bertz CT molecular complexity index is 995. The van der Waals surface area contributed by atoms with Gasteiger partial charge >= 0.3 is 0 Å². The van der Waals surface area contributed by atoms with E-state index >= 15 is 0 Å². The van der Waals surface area contributed by atoms with Crippen molar-refractivity contribution in [2.75, 3.05) is 26.2 Å². The number of nitrogens with one attached hydrogen (secondary N) is 1. The molecule has 3 aromatic rings. The van der Waals surface area contributed by atoms with Crippen LogP contribution in [0, 0.1) is 0 Å². The first-order chi connectivity index (χ1) is 12.5. The van der Waals surface area contributed by atoms with Crippen LogP contribution in [0.15, 0.2) is 53.4 Å². The molecule has 0 bridgehead atoms. The number of aromatic nitrogens is 1. The van der Waals surface area contributed by atoms with Crippen molar-refractivity contribution in [3.8, 4) is 0 Å². The summed E-state index contributed by atoms with van der Waals surface area (Å²) in [6.07, 6.45) is 0. The van der Waals surface area contributed by atoms with Crippen molar-refractivity contribution in [2.45, 2.75) is 11.4 Å². The van der Waals surface area contributed by atoms with Crippen molar-refractivity contribution >= 4 is 43.2 Å². The number of fused-ring (bicyclic) bond motifs is 1. The van der Waals surface area contributed by atoms with E-state index in [-0.39, 0.29) is 4.90 Å². The van der Waals surface area contributed by atoms with Crippen LogP contribution in [0.2, 0.25) is 5.02 Å². The highest BCUT2D eigenvalue weighted by atomic mass is 35.5. The highest BCUT2D eigenvalue weighted by molar-refractivity contribution is 7.89. The monoisotopic (exact) mass is 408 g/mol. The van der Waals surface area contributed by atoms with Crippen LogP contribution in [0.5, 0.6) is 0 Å². The summed E-state index contributed by atoms with van der Waals surface area (Å²) in [5, 5.41) is 1.54. The van der Waals surface area contributed by atoms with Crippen molar-refractivity contribution in [2.24, 2.45) is 0 Å². The number of para-hydroxylation sites is 1. The molecule has 1 aromatic heterocycles. The molecule has 4 rings (SSSR count). The number of sulfonamides is 1. The third kappa shape index (κ3) is 3.63. The molecule has 136 valence electrons. The highest BCUT2D eigenvalue weighted by Gasteiger charge is 2.30. The molecule has 5 nitrogen and oxygen atoms in total. The van der Waals surface area contributed by atoms with Gasteiger partial charge in [-0.2, -0.15) is 4.31 Å². The van der Waals surface area contributed by atoms with Crippen molar-refractivity contribution in [3.63, 3.8) is 0 Å². The van der Waals surface area contributed by atoms with Crippen LogP contribution in [-0.4, -0.2) is 43.9 Å². The molecular weight excluding hydrogens is 390 g/mol. The lowest BCUT2D eigenvalue weighted by Gasteiger charge is -2.31. The van der Waals surface area contributed by atoms with Crippen LogP contribution in [0.25, 0.3) is 10.2 Å². The molecule has 0 aliphatic carbocycles. The smallest absolute Gasteiger partial charge is 0.243 e. The topological polar surface area (TPSA) is 54.7 Å². The quantitative estimate of drug-likeness (QED) is 0.718. The number of quaternary nitrogens is 1. The molecule has 2 heterocycles. The minimum absolute atomic E-state index is 0.264. The van der Waals surface area contributed by atoms with Crippen LogP contribution in [0.1, 0.15) is 5.01 Å². The summed E-state index contributed by atoms with van der Waals surface area (Å²) in [6.45, 7) is 3.40. The predicted octanol–water partition coefficient (Wildman–Crippen LogP) is 2.04. The molecule has 0 radical (unpaired) electrons.